The summed E-state index contributed by atoms with van der Waals surface area (Å²) in [6.07, 6.45) is 1.85. The van der Waals surface area contributed by atoms with Gasteiger partial charge in [0.05, 0.1) is 10.0 Å². The average Bonchev–Trinajstić information content (AvgIpc) is 2.91. The Balaban J connectivity index is 1.96. The van der Waals surface area contributed by atoms with Gasteiger partial charge in [-0.2, -0.15) is 0 Å². The summed E-state index contributed by atoms with van der Waals surface area (Å²) in [4.78, 5) is 24.3. The van der Waals surface area contributed by atoms with E-state index in [0.29, 0.717) is 21.4 Å². The van der Waals surface area contributed by atoms with Crippen molar-refractivity contribution in [2.75, 3.05) is 6.26 Å². The summed E-state index contributed by atoms with van der Waals surface area (Å²) in [5, 5.41) is 9.88. The number of aryl methyl sites for hydroxylation is 1. The van der Waals surface area contributed by atoms with Crippen molar-refractivity contribution in [1.29, 1.82) is 0 Å². The predicted octanol–water partition coefficient (Wildman–Crippen LogP) is 2.87. The van der Waals surface area contributed by atoms with E-state index in [1.165, 1.54) is 11.8 Å². The Morgan fingerprint density at radius 3 is 2.62 bits per heavy atom. The fourth-order valence-electron chi connectivity index (χ4n) is 2.44. The molecule has 1 fully saturated rings. The molecule has 1 saturated heterocycles. The third-order valence-corrected chi connectivity index (χ3v) is 5.23. The highest BCUT2D eigenvalue weighted by Gasteiger charge is 2.40. The van der Waals surface area contributed by atoms with Gasteiger partial charge in [0.1, 0.15) is 28.4 Å². The van der Waals surface area contributed by atoms with E-state index in [-0.39, 0.29) is 22.5 Å². The van der Waals surface area contributed by atoms with E-state index in [4.69, 9.17) is 27.7 Å². The summed E-state index contributed by atoms with van der Waals surface area (Å²) >= 11 is 13.8. The molecular weight excluding hydrogens is 373 g/mol. The topological polar surface area (TPSA) is 84.2 Å². The number of amides is 2. The van der Waals surface area contributed by atoms with Crippen LogP contribution in [0.15, 0.2) is 22.7 Å². The highest BCUT2D eigenvalue weighted by molar-refractivity contribution is 7.99. The molecule has 0 spiro atoms. The third-order valence-electron chi connectivity index (χ3n) is 3.70. The summed E-state index contributed by atoms with van der Waals surface area (Å²) in [5.74, 6) is -0.369. The van der Waals surface area contributed by atoms with Crippen molar-refractivity contribution in [3.05, 3.63) is 39.6 Å². The normalized spacial score (nSPS) is 19.6. The highest BCUT2D eigenvalue weighted by atomic mass is 35.5. The van der Waals surface area contributed by atoms with Crippen LogP contribution in [0, 0.1) is 6.92 Å². The van der Waals surface area contributed by atoms with Crippen molar-refractivity contribution >= 4 is 46.8 Å². The minimum atomic E-state index is -0.601. The van der Waals surface area contributed by atoms with E-state index in [9.17, 15) is 9.59 Å². The molecule has 24 heavy (non-hydrogen) atoms. The van der Waals surface area contributed by atoms with Gasteiger partial charge in [0.15, 0.2) is 0 Å². The highest BCUT2D eigenvalue weighted by Crippen LogP contribution is 2.36. The number of carbonyl (C=O) groups excluding carboxylic acids is 2. The number of thioether (sulfide) groups is 1. The summed E-state index contributed by atoms with van der Waals surface area (Å²) in [6.45, 7) is 1.61. The van der Waals surface area contributed by atoms with Gasteiger partial charge in [-0.05, 0) is 25.3 Å². The first kappa shape index (κ1) is 17.1. The smallest absolute Gasteiger partial charge is 0.257 e. The Hall–Kier alpha value is -1.70. The maximum Gasteiger partial charge on any atom is 0.257 e. The van der Waals surface area contributed by atoms with E-state index in [2.05, 4.69) is 15.8 Å². The zero-order valence-corrected chi connectivity index (χ0v) is 15.1. The maximum absolute atomic E-state index is 12.7. The molecule has 2 atom stereocenters. The molecule has 2 amide bonds. The summed E-state index contributed by atoms with van der Waals surface area (Å²) in [7, 11) is 0. The molecule has 1 aliphatic heterocycles. The van der Waals surface area contributed by atoms with Crippen LogP contribution in [0.3, 0.4) is 0 Å². The quantitative estimate of drug-likeness (QED) is 0.790. The van der Waals surface area contributed by atoms with Gasteiger partial charge in [0.25, 0.3) is 5.91 Å². The second-order valence-electron chi connectivity index (χ2n) is 5.18. The molecule has 0 bridgehead atoms. The van der Waals surface area contributed by atoms with Crippen LogP contribution in [0.2, 0.25) is 10.0 Å². The van der Waals surface area contributed by atoms with E-state index < -0.39 is 11.9 Å². The number of nitrogens with one attached hydrogen (secondary N) is 2. The molecule has 126 valence electrons. The lowest BCUT2D eigenvalue weighted by Gasteiger charge is -2.35. The Morgan fingerprint density at radius 2 is 2.04 bits per heavy atom. The van der Waals surface area contributed by atoms with Crippen molar-refractivity contribution < 1.29 is 14.1 Å². The van der Waals surface area contributed by atoms with Crippen LogP contribution >= 0.6 is 35.0 Å². The minimum absolute atomic E-state index is 0.158. The third kappa shape index (κ3) is 2.87. The van der Waals surface area contributed by atoms with Crippen LogP contribution in [-0.2, 0) is 4.79 Å². The van der Waals surface area contributed by atoms with Crippen molar-refractivity contribution in [2.45, 2.75) is 18.3 Å². The first-order valence-electron chi connectivity index (χ1n) is 6.98. The van der Waals surface area contributed by atoms with Crippen molar-refractivity contribution in [3.63, 3.8) is 0 Å². The minimum Gasteiger partial charge on any atom is -0.360 e. The molecule has 0 unspecified atom stereocenters. The molecule has 0 radical (unpaired) electrons. The number of hydrogen-bond acceptors (Lipinski definition) is 5. The van der Waals surface area contributed by atoms with Crippen LogP contribution in [0.4, 0.5) is 0 Å². The molecule has 2 heterocycles. The number of β-lactam (4-membered cyclic amide) rings is 1. The first-order valence-corrected chi connectivity index (χ1v) is 9.03. The molecule has 0 aliphatic carbocycles. The number of benzene rings is 1. The number of carbonyl (C=O) groups is 2. The van der Waals surface area contributed by atoms with E-state index >= 15 is 0 Å². The van der Waals surface area contributed by atoms with Crippen LogP contribution in [0.5, 0.6) is 0 Å². The maximum atomic E-state index is 12.7. The van der Waals surface area contributed by atoms with Gasteiger partial charge in [-0.3, -0.25) is 9.59 Å². The lowest BCUT2D eigenvalue weighted by atomic mass is 10.0. The second-order valence-corrected chi connectivity index (χ2v) is 6.97. The van der Waals surface area contributed by atoms with Gasteiger partial charge in [0.2, 0.25) is 5.91 Å². The molecule has 1 aliphatic rings. The monoisotopic (exact) mass is 385 g/mol. The van der Waals surface area contributed by atoms with Gasteiger partial charge < -0.3 is 15.2 Å². The molecule has 2 N–H and O–H groups in total. The zero-order chi connectivity index (χ0) is 17.4. The molecule has 3 rings (SSSR count). The van der Waals surface area contributed by atoms with Crippen LogP contribution in [-0.4, -0.2) is 34.6 Å². The molecular formula is C15H13Cl2N3O3S. The summed E-state index contributed by atoms with van der Waals surface area (Å²) < 4.78 is 5.16. The number of nitrogens with zero attached hydrogens (tertiary/aromatic N) is 1. The summed E-state index contributed by atoms with van der Waals surface area (Å²) in [5.41, 5.74) is 0.882. The van der Waals surface area contributed by atoms with Crippen molar-refractivity contribution in [1.82, 2.24) is 15.8 Å². The van der Waals surface area contributed by atoms with Gasteiger partial charge in [-0.1, -0.05) is 34.4 Å². The average molecular weight is 386 g/mol. The van der Waals surface area contributed by atoms with Crippen molar-refractivity contribution in [2.24, 2.45) is 0 Å². The largest absolute Gasteiger partial charge is 0.360 e. The number of rotatable bonds is 4. The van der Waals surface area contributed by atoms with E-state index in [1.54, 1.807) is 25.1 Å². The fraction of sp³-hybridized carbons (Fsp3) is 0.267. The number of halogens is 2. The lowest BCUT2D eigenvalue weighted by Crippen LogP contribution is -2.67. The molecule has 2 aromatic rings. The van der Waals surface area contributed by atoms with Gasteiger partial charge >= 0.3 is 0 Å². The van der Waals surface area contributed by atoms with E-state index in [0.717, 1.165) is 0 Å². The predicted molar refractivity (Wildman–Crippen MR) is 93.4 cm³/mol. The molecule has 0 saturated carbocycles. The Bertz CT molecular complexity index is 804. The van der Waals surface area contributed by atoms with Crippen LogP contribution < -0.4 is 10.6 Å². The number of aromatic nitrogens is 1. The Morgan fingerprint density at radius 1 is 1.38 bits per heavy atom. The standard InChI is InChI=1S/C15H13Cl2N3O3S/c1-6-9(13(21)18-12-14(22)19-15(12)24-2)11(20-23-6)10-7(16)4-3-5-8(10)17/h3-5,12,15H,1-2H3,(H,18,21)(H,19,22)/t12-,15-/m1/s1. The molecule has 1 aromatic carbocycles. The van der Waals surface area contributed by atoms with Crippen LogP contribution in [0.1, 0.15) is 16.1 Å². The first-order chi connectivity index (χ1) is 11.4. The molecule has 9 heteroatoms. The van der Waals surface area contributed by atoms with Crippen LogP contribution in [0.25, 0.3) is 11.3 Å². The Kier molecular flexibility index (Phi) is 4.76. The lowest BCUT2D eigenvalue weighted by molar-refractivity contribution is -0.129. The second kappa shape index (κ2) is 6.66. The van der Waals surface area contributed by atoms with Gasteiger partial charge in [0, 0.05) is 5.56 Å². The van der Waals surface area contributed by atoms with Gasteiger partial charge in [-0.15, -0.1) is 11.8 Å². The fourth-order valence-corrected chi connectivity index (χ4v) is 3.71. The van der Waals surface area contributed by atoms with Crippen molar-refractivity contribution in [3.8, 4) is 11.3 Å². The SMILES string of the molecule is CS[C@H]1NC(=O)[C@H]1NC(=O)c1c(-c2c(Cl)cccc2Cl)noc1C. The van der Waals surface area contributed by atoms with E-state index in [1.807, 2.05) is 6.26 Å². The Labute approximate surface area is 152 Å². The van der Waals surface area contributed by atoms with Gasteiger partial charge in [-0.25, -0.2) is 0 Å². The molecule has 6 nitrogen and oxygen atoms in total. The number of hydrogen-bond donors (Lipinski definition) is 2. The zero-order valence-electron chi connectivity index (χ0n) is 12.7. The molecule has 1 aromatic heterocycles. The summed E-state index contributed by atoms with van der Waals surface area (Å²) in [6, 6.07) is 4.40.